The molecule has 0 bridgehead atoms. The number of hydrogen-bond donors (Lipinski definition) is 1. The lowest BCUT2D eigenvalue weighted by Gasteiger charge is -2.23. The Labute approximate surface area is 127 Å². The fraction of sp³-hybridized carbons (Fsp3) is 0.200. The fourth-order valence-corrected chi connectivity index (χ4v) is 3.22. The topological polar surface area (TPSA) is 20.2 Å². The standard InChI is InChI=1S/C15H14Cl2OS/c1-15(18,11-5-3-2-4-6-11)10-19-14-9-12(16)7-8-13(14)17/h2-9,18H,10H2,1H3. The van der Waals surface area contributed by atoms with Crippen molar-refractivity contribution in [3.8, 4) is 0 Å². The molecule has 0 aromatic heterocycles. The first-order chi connectivity index (χ1) is 8.99. The highest BCUT2D eigenvalue weighted by atomic mass is 35.5. The summed E-state index contributed by atoms with van der Waals surface area (Å²) in [6, 6.07) is 14.9. The summed E-state index contributed by atoms with van der Waals surface area (Å²) < 4.78 is 0. The van der Waals surface area contributed by atoms with E-state index in [1.165, 1.54) is 11.8 Å². The lowest BCUT2D eigenvalue weighted by Crippen LogP contribution is -2.24. The molecular weight excluding hydrogens is 299 g/mol. The van der Waals surface area contributed by atoms with E-state index in [2.05, 4.69) is 0 Å². The number of hydrogen-bond acceptors (Lipinski definition) is 2. The van der Waals surface area contributed by atoms with Crippen molar-refractivity contribution in [2.75, 3.05) is 5.75 Å². The van der Waals surface area contributed by atoms with E-state index in [1.54, 1.807) is 19.1 Å². The normalized spacial score (nSPS) is 14.1. The second-order valence-electron chi connectivity index (χ2n) is 4.50. The summed E-state index contributed by atoms with van der Waals surface area (Å²) in [6.45, 7) is 1.80. The van der Waals surface area contributed by atoms with Crippen molar-refractivity contribution >= 4 is 35.0 Å². The maximum absolute atomic E-state index is 10.5. The molecule has 1 nitrogen and oxygen atoms in total. The van der Waals surface area contributed by atoms with E-state index in [0.29, 0.717) is 15.8 Å². The average Bonchev–Trinajstić information content (AvgIpc) is 2.41. The first-order valence-electron chi connectivity index (χ1n) is 5.85. The van der Waals surface area contributed by atoms with Gasteiger partial charge in [-0.15, -0.1) is 11.8 Å². The van der Waals surface area contributed by atoms with Crippen LogP contribution in [0.25, 0.3) is 0 Å². The first-order valence-corrected chi connectivity index (χ1v) is 7.59. The van der Waals surface area contributed by atoms with Crippen LogP contribution in [0, 0.1) is 0 Å². The lowest BCUT2D eigenvalue weighted by molar-refractivity contribution is 0.0839. The van der Waals surface area contributed by atoms with Crippen LogP contribution >= 0.6 is 35.0 Å². The molecule has 1 unspecified atom stereocenters. The van der Waals surface area contributed by atoms with Crippen molar-refractivity contribution in [2.45, 2.75) is 17.4 Å². The quantitative estimate of drug-likeness (QED) is 0.802. The predicted octanol–water partition coefficient (Wildman–Crippen LogP) is 4.99. The van der Waals surface area contributed by atoms with Crippen molar-refractivity contribution in [3.05, 3.63) is 64.1 Å². The van der Waals surface area contributed by atoms with Gasteiger partial charge in [0.2, 0.25) is 0 Å². The first kappa shape index (κ1) is 14.7. The number of rotatable bonds is 4. The van der Waals surface area contributed by atoms with Gasteiger partial charge in [0.15, 0.2) is 0 Å². The maximum Gasteiger partial charge on any atom is 0.0962 e. The largest absolute Gasteiger partial charge is 0.385 e. The van der Waals surface area contributed by atoms with Crippen LogP contribution in [0.4, 0.5) is 0 Å². The summed E-state index contributed by atoms with van der Waals surface area (Å²) in [5.74, 6) is 0.511. The van der Waals surface area contributed by atoms with E-state index in [-0.39, 0.29) is 0 Å². The smallest absolute Gasteiger partial charge is 0.0962 e. The molecule has 0 aliphatic heterocycles. The molecule has 100 valence electrons. The molecular formula is C15H14Cl2OS. The zero-order valence-corrected chi connectivity index (χ0v) is 12.8. The molecule has 0 fully saturated rings. The molecule has 0 aliphatic rings. The Morgan fingerprint density at radius 3 is 2.47 bits per heavy atom. The zero-order valence-electron chi connectivity index (χ0n) is 10.4. The molecule has 0 saturated carbocycles. The van der Waals surface area contributed by atoms with Crippen LogP contribution in [-0.4, -0.2) is 10.9 Å². The summed E-state index contributed by atoms with van der Waals surface area (Å²) >= 11 is 13.6. The van der Waals surface area contributed by atoms with Gasteiger partial charge in [-0.25, -0.2) is 0 Å². The molecule has 19 heavy (non-hydrogen) atoms. The van der Waals surface area contributed by atoms with E-state index in [4.69, 9.17) is 23.2 Å². The van der Waals surface area contributed by atoms with Gasteiger partial charge in [0.05, 0.1) is 10.6 Å². The SMILES string of the molecule is CC(O)(CSc1cc(Cl)ccc1Cl)c1ccccc1. The third-order valence-corrected chi connectivity index (χ3v) is 4.83. The molecule has 4 heteroatoms. The number of thioether (sulfide) groups is 1. The Morgan fingerprint density at radius 2 is 1.79 bits per heavy atom. The molecule has 1 N–H and O–H groups in total. The number of benzene rings is 2. The Kier molecular flexibility index (Phi) is 4.80. The molecule has 0 amide bonds. The third-order valence-electron chi connectivity index (χ3n) is 2.80. The monoisotopic (exact) mass is 312 g/mol. The van der Waals surface area contributed by atoms with Crippen LogP contribution < -0.4 is 0 Å². The Balaban J connectivity index is 2.12. The van der Waals surface area contributed by atoms with Gasteiger partial charge in [-0.3, -0.25) is 0 Å². The Bertz CT molecular complexity index is 555. The summed E-state index contributed by atoms with van der Waals surface area (Å²) in [4.78, 5) is 0.880. The molecule has 0 aliphatic carbocycles. The van der Waals surface area contributed by atoms with E-state index < -0.39 is 5.60 Å². The fourth-order valence-electron chi connectivity index (χ4n) is 1.69. The Hall–Kier alpha value is -0.670. The summed E-state index contributed by atoms with van der Waals surface area (Å²) in [7, 11) is 0. The van der Waals surface area contributed by atoms with E-state index in [9.17, 15) is 5.11 Å². The van der Waals surface area contributed by atoms with Crippen molar-refractivity contribution in [2.24, 2.45) is 0 Å². The highest BCUT2D eigenvalue weighted by Gasteiger charge is 2.23. The van der Waals surface area contributed by atoms with Gasteiger partial charge in [-0.05, 0) is 30.7 Å². The molecule has 0 saturated heterocycles. The second-order valence-corrected chi connectivity index (χ2v) is 6.36. The van der Waals surface area contributed by atoms with Crippen LogP contribution in [0.3, 0.4) is 0 Å². The van der Waals surface area contributed by atoms with Gasteiger partial charge in [0.1, 0.15) is 0 Å². The Morgan fingerprint density at radius 1 is 1.11 bits per heavy atom. The van der Waals surface area contributed by atoms with Crippen LogP contribution in [0.2, 0.25) is 10.0 Å². The number of aliphatic hydroxyl groups is 1. The van der Waals surface area contributed by atoms with Crippen molar-refractivity contribution in [1.82, 2.24) is 0 Å². The van der Waals surface area contributed by atoms with E-state index in [1.807, 2.05) is 36.4 Å². The van der Waals surface area contributed by atoms with Gasteiger partial charge in [-0.1, -0.05) is 53.5 Å². The molecule has 2 aromatic carbocycles. The molecule has 0 spiro atoms. The van der Waals surface area contributed by atoms with Crippen LogP contribution in [0.5, 0.6) is 0 Å². The predicted molar refractivity (Wildman–Crippen MR) is 83.2 cm³/mol. The van der Waals surface area contributed by atoms with E-state index >= 15 is 0 Å². The highest BCUT2D eigenvalue weighted by molar-refractivity contribution is 7.99. The molecule has 2 rings (SSSR count). The van der Waals surface area contributed by atoms with Crippen LogP contribution in [0.1, 0.15) is 12.5 Å². The van der Waals surface area contributed by atoms with Crippen molar-refractivity contribution in [1.29, 1.82) is 0 Å². The third kappa shape index (κ3) is 3.90. The minimum atomic E-state index is -0.905. The summed E-state index contributed by atoms with van der Waals surface area (Å²) in [6.07, 6.45) is 0. The minimum Gasteiger partial charge on any atom is -0.385 e. The lowest BCUT2D eigenvalue weighted by atomic mass is 9.99. The highest BCUT2D eigenvalue weighted by Crippen LogP contribution is 2.34. The molecule has 0 radical (unpaired) electrons. The zero-order chi connectivity index (χ0) is 13.9. The minimum absolute atomic E-state index is 0.511. The van der Waals surface area contributed by atoms with E-state index in [0.717, 1.165) is 10.5 Å². The van der Waals surface area contributed by atoms with Gasteiger partial charge >= 0.3 is 0 Å². The average molecular weight is 313 g/mol. The maximum atomic E-state index is 10.5. The summed E-state index contributed by atoms with van der Waals surface area (Å²) in [5.41, 5.74) is -0.0157. The summed E-state index contributed by atoms with van der Waals surface area (Å²) in [5, 5.41) is 11.8. The van der Waals surface area contributed by atoms with Gasteiger partial charge in [0.25, 0.3) is 0 Å². The number of halogens is 2. The molecule has 2 aromatic rings. The van der Waals surface area contributed by atoms with Gasteiger partial charge in [-0.2, -0.15) is 0 Å². The van der Waals surface area contributed by atoms with Gasteiger partial charge in [0, 0.05) is 15.7 Å². The van der Waals surface area contributed by atoms with Crippen molar-refractivity contribution < 1.29 is 5.11 Å². The second kappa shape index (κ2) is 6.19. The van der Waals surface area contributed by atoms with Crippen molar-refractivity contribution in [3.63, 3.8) is 0 Å². The van der Waals surface area contributed by atoms with Gasteiger partial charge < -0.3 is 5.11 Å². The molecule has 1 atom stereocenters. The van der Waals surface area contributed by atoms with Crippen LogP contribution in [0.15, 0.2) is 53.4 Å². The molecule has 0 heterocycles. The van der Waals surface area contributed by atoms with Crippen LogP contribution in [-0.2, 0) is 5.60 Å².